The smallest absolute Gasteiger partial charge is 0.173 e. The van der Waals surface area contributed by atoms with Crippen molar-refractivity contribution in [2.24, 2.45) is 0 Å². The fourth-order valence-electron chi connectivity index (χ4n) is 2.35. The van der Waals surface area contributed by atoms with E-state index in [9.17, 15) is 8.42 Å². The molecule has 96 valence electrons. The summed E-state index contributed by atoms with van der Waals surface area (Å²) in [6.07, 6.45) is 2.68. The summed E-state index contributed by atoms with van der Waals surface area (Å²) in [7, 11) is -2.98. The summed E-state index contributed by atoms with van der Waals surface area (Å²) in [6.45, 7) is 0.666. The van der Waals surface area contributed by atoms with Crippen LogP contribution in [0.4, 0.5) is 0 Å². The van der Waals surface area contributed by atoms with E-state index in [1.54, 1.807) is 6.08 Å². The van der Waals surface area contributed by atoms with Gasteiger partial charge in [-0.15, -0.1) is 0 Å². The Morgan fingerprint density at radius 3 is 2.89 bits per heavy atom. The second-order valence-corrected chi connectivity index (χ2v) is 6.66. The molecular formula is C13H15NO3S. The van der Waals surface area contributed by atoms with Crippen molar-refractivity contribution in [1.82, 2.24) is 5.32 Å². The van der Waals surface area contributed by atoms with Gasteiger partial charge >= 0.3 is 0 Å². The molecular weight excluding hydrogens is 250 g/mol. The highest BCUT2D eigenvalue weighted by atomic mass is 32.2. The van der Waals surface area contributed by atoms with Crippen LogP contribution in [0.1, 0.15) is 5.56 Å². The van der Waals surface area contributed by atoms with Crippen molar-refractivity contribution < 1.29 is 13.2 Å². The molecule has 2 unspecified atom stereocenters. The average molecular weight is 265 g/mol. The van der Waals surface area contributed by atoms with Crippen LogP contribution in [0.25, 0.3) is 0 Å². The summed E-state index contributed by atoms with van der Waals surface area (Å²) in [4.78, 5) is 0. The maximum absolute atomic E-state index is 11.3. The third-order valence-electron chi connectivity index (χ3n) is 3.25. The number of nitrogens with one attached hydrogen (secondary N) is 1. The van der Waals surface area contributed by atoms with Crippen molar-refractivity contribution >= 4 is 9.84 Å². The quantitative estimate of drug-likeness (QED) is 0.882. The number of hydrogen-bond acceptors (Lipinski definition) is 4. The molecule has 18 heavy (non-hydrogen) atoms. The van der Waals surface area contributed by atoms with Crippen LogP contribution in [0.3, 0.4) is 0 Å². The van der Waals surface area contributed by atoms with Gasteiger partial charge < -0.3 is 10.1 Å². The van der Waals surface area contributed by atoms with E-state index in [2.05, 4.69) is 11.4 Å². The zero-order valence-electron chi connectivity index (χ0n) is 9.87. The average Bonchev–Trinajstić information content (AvgIpc) is 2.89. The molecule has 1 aromatic carbocycles. The predicted octanol–water partition coefficient (Wildman–Crippen LogP) is 0.890. The molecule has 0 fully saturated rings. The van der Waals surface area contributed by atoms with Crippen molar-refractivity contribution in [3.63, 3.8) is 0 Å². The highest BCUT2D eigenvalue weighted by Crippen LogP contribution is 2.27. The van der Waals surface area contributed by atoms with Crippen LogP contribution < -0.4 is 10.1 Å². The monoisotopic (exact) mass is 265 g/mol. The Balaban J connectivity index is 1.54. The van der Waals surface area contributed by atoms with Crippen LogP contribution in [-0.2, 0) is 16.3 Å². The molecule has 2 atom stereocenters. The van der Waals surface area contributed by atoms with Crippen molar-refractivity contribution in [2.45, 2.75) is 18.6 Å². The van der Waals surface area contributed by atoms with Gasteiger partial charge in [0.15, 0.2) is 9.84 Å². The van der Waals surface area contributed by atoms with Crippen molar-refractivity contribution in [3.8, 4) is 5.75 Å². The molecule has 0 aromatic heterocycles. The molecule has 2 aliphatic rings. The lowest BCUT2D eigenvalue weighted by atomic mass is 10.1. The Bertz CT molecular complexity index is 555. The summed E-state index contributed by atoms with van der Waals surface area (Å²) in [5, 5.41) is 4.51. The fourth-order valence-corrected chi connectivity index (χ4v) is 3.62. The van der Waals surface area contributed by atoms with Crippen LogP contribution in [0.2, 0.25) is 0 Å². The van der Waals surface area contributed by atoms with Gasteiger partial charge in [0.25, 0.3) is 0 Å². The van der Waals surface area contributed by atoms with E-state index >= 15 is 0 Å². The Morgan fingerprint density at radius 1 is 1.33 bits per heavy atom. The minimum absolute atomic E-state index is 0.0812. The van der Waals surface area contributed by atoms with E-state index in [0.717, 1.165) is 12.2 Å². The van der Waals surface area contributed by atoms with Crippen LogP contribution in [0, 0.1) is 0 Å². The van der Waals surface area contributed by atoms with E-state index in [-0.39, 0.29) is 17.9 Å². The maximum atomic E-state index is 11.3. The van der Waals surface area contributed by atoms with Crippen LogP contribution >= 0.6 is 0 Å². The molecule has 2 aliphatic heterocycles. The first kappa shape index (κ1) is 11.7. The minimum Gasteiger partial charge on any atom is -0.488 e. The van der Waals surface area contributed by atoms with Gasteiger partial charge in [0.05, 0.1) is 5.75 Å². The second kappa shape index (κ2) is 4.40. The number of hydrogen-bond donors (Lipinski definition) is 1. The van der Waals surface area contributed by atoms with Crippen LogP contribution in [0.15, 0.2) is 35.7 Å². The molecule has 4 nitrogen and oxygen atoms in total. The van der Waals surface area contributed by atoms with Gasteiger partial charge in [0, 0.05) is 24.4 Å². The number of rotatable bonds is 3. The molecule has 3 rings (SSSR count). The SMILES string of the molecule is O=S1(=O)C=CC(NCC2Cc3ccccc3O2)C1. The highest BCUT2D eigenvalue weighted by Gasteiger charge is 2.25. The predicted molar refractivity (Wildman–Crippen MR) is 69.3 cm³/mol. The molecule has 2 heterocycles. The maximum Gasteiger partial charge on any atom is 0.173 e. The Morgan fingerprint density at radius 2 is 2.17 bits per heavy atom. The molecule has 0 amide bonds. The highest BCUT2D eigenvalue weighted by molar-refractivity contribution is 7.94. The number of fused-ring (bicyclic) bond motifs is 1. The number of para-hydroxylation sites is 1. The zero-order chi connectivity index (χ0) is 12.6. The number of sulfone groups is 1. The fraction of sp³-hybridized carbons (Fsp3) is 0.385. The lowest BCUT2D eigenvalue weighted by Crippen LogP contribution is -2.37. The van der Waals surface area contributed by atoms with Gasteiger partial charge in [-0.1, -0.05) is 24.3 Å². The lowest BCUT2D eigenvalue weighted by Gasteiger charge is -2.14. The van der Waals surface area contributed by atoms with E-state index in [1.165, 1.54) is 11.0 Å². The van der Waals surface area contributed by atoms with E-state index in [1.807, 2.05) is 18.2 Å². The van der Waals surface area contributed by atoms with Gasteiger partial charge in [-0.25, -0.2) is 8.42 Å². The minimum atomic E-state index is -2.98. The topological polar surface area (TPSA) is 55.4 Å². The van der Waals surface area contributed by atoms with E-state index in [0.29, 0.717) is 6.54 Å². The largest absolute Gasteiger partial charge is 0.488 e. The van der Waals surface area contributed by atoms with Crippen molar-refractivity contribution in [1.29, 1.82) is 0 Å². The normalized spacial score (nSPS) is 28.0. The Kier molecular flexibility index (Phi) is 2.87. The third kappa shape index (κ3) is 2.42. The first-order valence-corrected chi connectivity index (χ1v) is 7.73. The Hall–Kier alpha value is -1.33. The van der Waals surface area contributed by atoms with Gasteiger partial charge in [0.1, 0.15) is 11.9 Å². The Labute approximate surface area is 107 Å². The van der Waals surface area contributed by atoms with E-state index in [4.69, 9.17) is 4.74 Å². The van der Waals surface area contributed by atoms with Crippen molar-refractivity contribution in [3.05, 3.63) is 41.3 Å². The molecule has 0 aliphatic carbocycles. The van der Waals surface area contributed by atoms with Gasteiger partial charge in [-0.2, -0.15) is 0 Å². The molecule has 5 heteroatoms. The van der Waals surface area contributed by atoms with Crippen LogP contribution in [-0.4, -0.2) is 32.9 Å². The molecule has 0 bridgehead atoms. The van der Waals surface area contributed by atoms with Crippen LogP contribution in [0.5, 0.6) is 5.75 Å². The summed E-state index contributed by atoms with van der Waals surface area (Å²) in [5.74, 6) is 1.10. The second-order valence-electron chi connectivity index (χ2n) is 4.72. The van der Waals surface area contributed by atoms with Gasteiger partial charge in [-0.05, 0) is 11.6 Å². The third-order valence-corrected chi connectivity index (χ3v) is 4.65. The molecule has 0 saturated heterocycles. The lowest BCUT2D eigenvalue weighted by molar-refractivity contribution is 0.225. The van der Waals surface area contributed by atoms with Gasteiger partial charge in [0.2, 0.25) is 0 Å². The number of ether oxygens (including phenoxy) is 1. The summed E-state index contributed by atoms with van der Waals surface area (Å²) in [5.41, 5.74) is 1.22. The first-order valence-electron chi connectivity index (χ1n) is 6.01. The van der Waals surface area contributed by atoms with Gasteiger partial charge in [-0.3, -0.25) is 0 Å². The van der Waals surface area contributed by atoms with E-state index < -0.39 is 9.84 Å². The molecule has 0 spiro atoms. The molecule has 1 aromatic rings. The first-order chi connectivity index (χ1) is 8.62. The molecule has 0 saturated carbocycles. The standard InChI is InChI=1S/C13H15NO3S/c15-18(16)6-5-11(9-18)14-8-12-7-10-3-1-2-4-13(10)17-12/h1-6,11-12,14H,7-9H2. The molecule has 0 radical (unpaired) electrons. The summed E-state index contributed by atoms with van der Waals surface area (Å²) < 4.78 is 28.3. The summed E-state index contributed by atoms with van der Waals surface area (Å²) in [6, 6.07) is 7.91. The zero-order valence-corrected chi connectivity index (χ0v) is 10.7. The van der Waals surface area contributed by atoms with Crippen molar-refractivity contribution in [2.75, 3.05) is 12.3 Å². The summed E-state index contributed by atoms with van der Waals surface area (Å²) >= 11 is 0. The number of benzene rings is 1. The molecule has 1 N–H and O–H groups in total.